The molecule has 3 fully saturated rings. The van der Waals surface area contributed by atoms with Crippen LogP contribution in [0.1, 0.15) is 57.8 Å². The smallest absolute Gasteiger partial charge is 0.109 e. The molecule has 3 unspecified atom stereocenters. The van der Waals surface area contributed by atoms with Crippen molar-refractivity contribution in [3.63, 3.8) is 0 Å². The van der Waals surface area contributed by atoms with Crippen LogP contribution in [0.2, 0.25) is 0 Å². The number of nitrogens with one attached hydrogen (secondary N) is 3. The molecular formula is C17H30N4. The molecule has 118 valence electrons. The quantitative estimate of drug-likeness (QED) is 0.551. The van der Waals surface area contributed by atoms with E-state index >= 15 is 0 Å². The number of hydrogen-bond donors (Lipinski definition) is 3. The van der Waals surface area contributed by atoms with Crippen LogP contribution in [0.3, 0.4) is 0 Å². The van der Waals surface area contributed by atoms with Crippen LogP contribution in [-0.4, -0.2) is 18.9 Å². The van der Waals surface area contributed by atoms with Crippen molar-refractivity contribution in [1.82, 2.24) is 16.3 Å². The Morgan fingerprint density at radius 3 is 2.67 bits per heavy atom. The first-order chi connectivity index (χ1) is 10.3. The lowest BCUT2D eigenvalue weighted by Gasteiger charge is -2.41. The van der Waals surface area contributed by atoms with E-state index < -0.39 is 0 Å². The van der Waals surface area contributed by atoms with Gasteiger partial charge in [-0.3, -0.25) is 10.9 Å². The van der Waals surface area contributed by atoms with E-state index in [-0.39, 0.29) is 6.17 Å². The Bertz CT molecular complexity index is 371. The van der Waals surface area contributed by atoms with Crippen molar-refractivity contribution in [3.8, 4) is 0 Å². The van der Waals surface area contributed by atoms with Gasteiger partial charge >= 0.3 is 0 Å². The summed E-state index contributed by atoms with van der Waals surface area (Å²) < 4.78 is 0. The first-order valence-corrected chi connectivity index (χ1v) is 8.80. The van der Waals surface area contributed by atoms with Crippen LogP contribution >= 0.6 is 0 Å². The Hall–Kier alpha value is -0.870. The summed E-state index contributed by atoms with van der Waals surface area (Å²) >= 11 is 0. The molecule has 4 nitrogen and oxygen atoms in total. The summed E-state index contributed by atoms with van der Waals surface area (Å²) in [5.74, 6) is 2.17. The van der Waals surface area contributed by atoms with E-state index in [1.807, 2.05) is 6.21 Å². The zero-order valence-corrected chi connectivity index (χ0v) is 13.1. The molecule has 0 aromatic heterocycles. The van der Waals surface area contributed by atoms with Gasteiger partial charge in [0.2, 0.25) is 0 Å². The van der Waals surface area contributed by atoms with Gasteiger partial charge in [0.25, 0.3) is 0 Å². The molecule has 3 atom stereocenters. The Kier molecular flexibility index (Phi) is 5.31. The Morgan fingerprint density at radius 2 is 1.81 bits per heavy atom. The highest BCUT2D eigenvalue weighted by atomic mass is 15.5. The summed E-state index contributed by atoms with van der Waals surface area (Å²) in [6.07, 6.45) is 14.3. The van der Waals surface area contributed by atoms with Crippen LogP contribution in [-0.2, 0) is 0 Å². The summed E-state index contributed by atoms with van der Waals surface area (Å²) in [7, 11) is 0. The molecule has 3 aliphatic rings. The zero-order chi connectivity index (χ0) is 14.5. The first kappa shape index (κ1) is 15.0. The van der Waals surface area contributed by atoms with E-state index in [2.05, 4.69) is 28.0 Å². The van der Waals surface area contributed by atoms with Gasteiger partial charge in [-0.2, -0.15) is 5.10 Å². The Labute approximate surface area is 128 Å². The molecule has 0 bridgehead atoms. The predicted molar refractivity (Wildman–Crippen MR) is 87.7 cm³/mol. The summed E-state index contributed by atoms with van der Waals surface area (Å²) in [4.78, 5) is 0. The van der Waals surface area contributed by atoms with Crippen molar-refractivity contribution in [2.45, 2.75) is 64.0 Å². The van der Waals surface area contributed by atoms with E-state index in [1.165, 1.54) is 63.4 Å². The summed E-state index contributed by atoms with van der Waals surface area (Å²) in [6.45, 7) is 5.32. The van der Waals surface area contributed by atoms with Crippen LogP contribution in [0.5, 0.6) is 0 Å². The zero-order valence-electron chi connectivity index (χ0n) is 13.1. The van der Waals surface area contributed by atoms with Crippen molar-refractivity contribution >= 4 is 6.21 Å². The molecule has 0 aromatic carbocycles. The summed E-state index contributed by atoms with van der Waals surface area (Å²) in [6, 6.07) is 0. The molecule has 2 aliphatic carbocycles. The maximum atomic E-state index is 4.48. The second-order valence-corrected chi connectivity index (χ2v) is 7.01. The SMILES string of the molecule is C=C(C=NNC1NNCC2CCCCC21)C1CCCCC1. The van der Waals surface area contributed by atoms with E-state index in [0.717, 1.165) is 12.5 Å². The Morgan fingerprint density at radius 1 is 1.05 bits per heavy atom. The van der Waals surface area contributed by atoms with E-state index in [4.69, 9.17) is 0 Å². The molecule has 4 heteroatoms. The number of hydrazone groups is 1. The van der Waals surface area contributed by atoms with Gasteiger partial charge in [-0.1, -0.05) is 38.7 Å². The van der Waals surface area contributed by atoms with Crippen LogP contribution in [0.15, 0.2) is 17.3 Å². The van der Waals surface area contributed by atoms with Gasteiger partial charge in [0.1, 0.15) is 6.17 Å². The van der Waals surface area contributed by atoms with Crippen molar-refractivity contribution in [2.24, 2.45) is 22.9 Å². The number of rotatable bonds is 4. The molecule has 2 saturated carbocycles. The molecule has 21 heavy (non-hydrogen) atoms. The summed E-state index contributed by atoms with van der Waals surface area (Å²) in [5, 5.41) is 4.48. The molecular weight excluding hydrogens is 260 g/mol. The van der Waals surface area contributed by atoms with E-state index in [9.17, 15) is 0 Å². The third-order valence-electron chi connectivity index (χ3n) is 5.59. The van der Waals surface area contributed by atoms with Crippen LogP contribution < -0.4 is 16.3 Å². The lowest BCUT2D eigenvalue weighted by atomic mass is 9.77. The number of allylic oxidation sites excluding steroid dienone is 1. The van der Waals surface area contributed by atoms with Crippen molar-refractivity contribution < 1.29 is 0 Å². The average Bonchev–Trinajstić information content (AvgIpc) is 2.56. The number of hydrazine groups is 1. The average molecular weight is 290 g/mol. The van der Waals surface area contributed by atoms with Gasteiger partial charge in [0, 0.05) is 12.8 Å². The molecule has 1 heterocycles. The topological polar surface area (TPSA) is 48.5 Å². The number of fused-ring (bicyclic) bond motifs is 1. The lowest BCUT2D eigenvalue weighted by molar-refractivity contribution is 0.0997. The van der Waals surface area contributed by atoms with Gasteiger partial charge in [0.05, 0.1) is 0 Å². The third kappa shape index (κ3) is 3.86. The normalized spacial score (nSPS) is 34.6. The van der Waals surface area contributed by atoms with Crippen molar-refractivity contribution in [2.75, 3.05) is 6.54 Å². The highest BCUT2D eigenvalue weighted by Crippen LogP contribution is 2.33. The van der Waals surface area contributed by atoms with Crippen LogP contribution in [0, 0.1) is 17.8 Å². The highest BCUT2D eigenvalue weighted by Gasteiger charge is 2.34. The minimum Gasteiger partial charge on any atom is -0.291 e. The molecule has 0 radical (unpaired) electrons. The van der Waals surface area contributed by atoms with Gasteiger partial charge in [-0.25, -0.2) is 5.43 Å². The van der Waals surface area contributed by atoms with Crippen molar-refractivity contribution in [3.05, 3.63) is 12.2 Å². The first-order valence-electron chi connectivity index (χ1n) is 8.80. The predicted octanol–water partition coefficient (Wildman–Crippen LogP) is 2.94. The largest absolute Gasteiger partial charge is 0.291 e. The Balaban J connectivity index is 1.49. The van der Waals surface area contributed by atoms with Crippen molar-refractivity contribution in [1.29, 1.82) is 0 Å². The fraction of sp³-hybridized carbons (Fsp3) is 0.824. The minimum absolute atomic E-state index is 0.263. The maximum Gasteiger partial charge on any atom is 0.109 e. The lowest BCUT2D eigenvalue weighted by Crippen LogP contribution is -2.60. The minimum atomic E-state index is 0.263. The second-order valence-electron chi connectivity index (χ2n) is 7.01. The van der Waals surface area contributed by atoms with Crippen LogP contribution in [0.4, 0.5) is 0 Å². The van der Waals surface area contributed by atoms with E-state index in [0.29, 0.717) is 11.8 Å². The number of hydrogen-bond acceptors (Lipinski definition) is 4. The number of nitrogens with zero attached hydrogens (tertiary/aromatic N) is 1. The molecule has 0 spiro atoms. The molecule has 3 N–H and O–H groups in total. The van der Waals surface area contributed by atoms with Gasteiger partial charge in [-0.15, -0.1) is 0 Å². The highest BCUT2D eigenvalue weighted by molar-refractivity contribution is 5.78. The van der Waals surface area contributed by atoms with Crippen LogP contribution in [0.25, 0.3) is 0 Å². The molecule has 0 amide bonds. The van der Waals surface area contributed by atoms with E-state index in [1.54, 1.807) is 0 Å². The van der Waals surface area contributed by atoms with Gasteiger partial charge < -0.3 is 0 Å². The fourth-order valence-electron chi connectivity index (χ4n) is 4.24. The molecule has 3 rings (SSSR count). The fourth-order valence-corrected chi connectivity index (χ4v) is 4.24. The summed E-state index contributed by atoms with van der Waals surface area (Å²) in [5.41, 5.74) is 11.2. The molecule has 0 aromatic rings. The monoisotopic (exact) mass is 290 g/mol. The maximum absolute atomic E-state index is 4.48. The third-order valence-corrected chi connectivity index (χ3v) is 5.59. The van der Waals surface area contributed by atoms with Gasteiger partial charge in [0.15, 0.2) is 0 Å². The second kappa shape index (κ2) is 7.41. The van der Waals surface area contributed by atoms with Gasteiger partial charge in [-0.05, 0) is 49.0 Å². The standard InChI is InChI=1S/C17H30N4/c1-13(14-7-3-2-4-8-14)11-18-20-17-16-10-6-5-9-15(16)12-19-21-17/h11,14-17,19-21H,1-10,12H2. The molecule has 1 saturated heterocycles. The molecule has 1 aliphatic heterocycles.